The summed E-state index contributed by atoms with van der Waals surface area (Å²) >= 11 is 12.1. The molecule has 0 spiro atoms. The Labute approximate surface area is 149 Å². The normalized spacial score (nSPS) is 10.6. The number of methoxy groups -OCH3 is 1. The molecule has 122 valence electrons. The molecule has 0 amide bonds. The second-order valence-corrected chi connectivity index (χ2v) is 6.01. The summed E-state index contributed by atoms with van der Waals surface area (Å²) in [4.78, 5) is 11.5. The highest BCUT2D eigenvalue weighted by molar-refractivity contribution is 6.42. The average Bonchev–Trinajstić information content (AvgIpc) is 3.05. The van der Waals surface area contributed by atoms with Gasteiger partial charge in [0.15, 0.2) is 0 Å². The van der Waals surface area contributed by atoms with Gasteiger partial charge in [-0.05, 0) is 35.9 Å². The number of rotatable bonds is 4. The van der Waals surface area contributed by atoms with Gasteiger partial charge in [-0.1, -0.05) is 41.4 Å². The van der Waals surface area contributed by atoms with Gasteiger partial charge in [-0.3, -0.25) is 4.68 Å². The van der Waals surface area contributed by atoms with E-state index in [0.29, 0.717) is 22.2 Å². The van der Waals surface area contributed by atoms with Crippen molar-refractivity contribution in [3.8, 4) is 11.3 Å². The van der Waals surface area contributed by atoms with Crippen molar-refractivity contribution in [3.63, 3.8) is 0 Å². The summed E-state index contributed by atoms with van der Waals surface area (Å²) < 4.78 is 6.57. The number of carbonyl (C=O) groups is 1. The molecule has 0 saturated heterocycles. The van der Waals surface area contributed by atoms with Crippen LogP contribution in [0.3, 0.4) is 0 Å². The summed E-state index contributed by atoms with van der Waals surface area (Å²) in [6.45, 7) is 0.573. The van der Waals surface area contributed by atoms with Crippen LogP contribution in [0.2, 0.25) is 10.0 Å². The molecule has 0 fully saturated rings. The van der Waals surface area contributed by atoms with Crippen LogP contribution in [0.25, 0.3) is 11.3 Å². The van der Waals surface area contributed by atoms with Crippen LogP contribution in [-0.2, 0) is 11.3 Å². The molecule has 6 heteroatoms. The van der Waals surface area contributed by atoms with E-state index in [9.17, 15) is 4.79 Å². The number of ether oxygens (including phenoxy) is 1. The maximum Gasteiger partial charge on any atom is 0.337 e. The zero-order valence-electron chi connectivity index (χ0n) is 12.9. The fraction of sp³-hybridized carbons (Fsp3) is 0.111. The smallest absolute Gasteiger partial charge is 0.337 e. The number of hydrogen-bond donors (Lipinski definition) is 0. The van der Waals surface area contributed by atoms with Gasteiger partial charge in [0.05, 0.1) is 35.0 Å². The third-order valence-corrected chi connectivity index (χ3v) is 4.38. The third kappa shape index (κ3) is 3.45. The molecule has 0 unspecified atom stereocenters. The highest BCUT2D eigenvalue weighted by Gasteiger charge is 2.09. The van der Waals surface area contributed by atoms with Crippen molar-refractivity contribution in [1.82, 2.24) is 9.78 Å². The van der Waals surface area contributed by atoms with Crippen molar-refractivity contribution in [1.29, 1.82) is 0 Å². The number of nitrogens with zero attached hydrogens (tertiary/aromatic N) is 2. The molecule has 0 bridgehead atoms. The van der Waals surface area contributed by atoms with Gasteiger partial charge in [0.1, 0.15) is 0 Å². The Balaban J connectivity index is 1.85. The zero-order valence-corrected chi connectivity index (χ0v) is 14.4. The van der Waals surface area contributed by atoms with E-state index in [4.69, 9.17) is 27.9 Å². The average molecular weight is 361 g/mol. The van der Waals surface area contributed by atoms with Crippen molar-refractivity contribution in [2.75, 3.05) is 7.11 Å². The van der Waals surface area contributed by atoms with Gasteiger partial charge in [-0.15, -0.1) is 0 Å². The summed E-state index contributed by atoms with van der Waals surface area (Å²) in [5.41, 5.74) is 3.41. The van der Waals surface area contributed by atoms with E-state index in [2.05, 4.69) is 5.10 Å². The summed E-state index contributed by atoms with van der Waals surface area (Å²) in [7, 11) is 1.36. The second kappa shape index (κ2) is 7.07. The first kappa shape index (κ1) is 16.6. The van der Waals surface area contributed by atoms with Crippen LogP contribution in [0.5, 0.6) is 0 Å². The molecule has 1 heterocycles. The molecule has 0 aliphatic carbocycles. The lowest BCUT2D eigenvalue weighted by Gasteiger charge is -2.09. The lowest BCUT2D eigenvalue weighted by molar-refractivity contribution is 0.0600. The topological polar surface area (TPSA) is 44.1 Å². The molecule has 0 aliphatic heterocycles. The standard InChI is InChI=1S/C18H14Cl2N2O2/c1-24-18(23)13-4-2-12(3-5-13)11-22-17(8-9-21-22)14-6-7-15(19)16(20)10-14/h2-10H,11H2,1H3. The van der Waals surface area contributed by atoms with E-state index in [1.54, 1.807) is 24.4 Å². The fourth-order valence-electron chi connectivity index (χ4n) is 2.40. The van der Waals surface area contributed by atoms with Crippen LogP contribution in [0.15, 0.2) is 54.7 Å². The van der Waals surface area contributed by atoms with Crippen molar-refractivity contribution < 1.29 is 9.53 Å². The molecule has 4 nitrogen and oxygen atoms in total. The van der Waals surface area contributed by atoms with Crippen LogP contribution in [-0.4, -0.2) is 22.9 Å². The van der Waals surface area contributed by atoms with Crippen molar-refractivity contribution >= 4 is 29.2 Å². The molecule has 0 N–H and O–H groups in total. The predicted molar refractivity (Wildman–Crippen MR) is 94.6 cm³/mol. The lowest BCUT2D eigenvalue weighted by atomic mass is 10.1. The van der Waals surface area contributed by atoms with Crippen LogP contribution >= 0.6 is 23.2 Å². The van der Waals surface area contributed by atoms with Crippen LogP contribution in [0.1, 0.15) is 15.9 Å². The largest absolute Gasteiger partial charge is 0.465 e. The van der Waals surface area contributed by atoms with Crippen LogP contribution < -0.4 is 0 Å². The van der Waals surface area contributed by atoms with Crippen LogP contribution in [0, 0.1) is 0 Å². The molecular weight excluding hydrogens is 347 g/mol. The number of halogens is 2. The minimum Gasteiger partial charge on any atom is -0.465 e. The van der Waals surface area contributed by atoms with E-state index in [1.165, 1.54) is 7.11 Å². The molecule has 0 aliphatic rings. The Morgan fingerprint density at radius 1 is 1.08 bits per heavy atom. The monoisotopic (exact) mass is 360 g/mol. The quantitative estimate of drug-likeness (QED) is 0.633. The van der Waals surface area contributed by atoms with E-state index in [1.807, 2.05) is 35.0 Å². The minimum atomic E-state index is -0.350. The Kier molecular flexibility index (Phi) is 4.88. The molecule has 0 atom stereocenters. The Morgan fingerprint density at radius 2 is 1.83 bits per heavy atom. The highest BCUT2D eigenvalue weighted by atomic mass is 35.5. The number of esters is 1. The van der Waals surface area contributed by atoms with Gasteiger partial charge >= 0.3 is 5.97 Å². The molecule has 3 aromatic rings. The van der Waals surface area contributed by atoms with E-state index in [0.717, 1.165) is 16.8 Å². The predicted octanol–water partition coefficient (Wildman–Crippen LogP) is 4.69. The number of carbonyl (C=O) groups excluding carboxylic acids is 1. The molecule has 0 radical (unpaired) electrons. The highest BCUT2D eigenvalue weighted by Crippen LogP contribution is 2.28. The zero-order chi connectivity index (χ0) is 17.1. The molecule has 0 saturated carbocycles. The van der Waals surface area contributed by atoms with Crippen LogP contribution in [0.4, 0.5) is 0 Å². The van der Waals surface area contributed by atoms with Gasteiger partial charge in [0.25, 0.3) is 0 Å². The lowest BCUT2D eigenvalue weighted by Crippen LogP contribution is -2.05. The first-order chi connectivity index (χ1) is 11.6. The SMILES string of the molecule is COC(=O)c1ccc(Cn2nccc2-c2ccc(Cl)c(Cl)c2)cc1. The fourth-order valence-corrected chi connectivity index (χ4v) is 2.69. The number of benzene rings is 2. The summed E-state index contributed by atoms with van der Waals surface area (Å²) in [6, 6.07) is 14.6. The Bertz CT molecular complexity index is 873. The van der Waals surface area contributed by atoms with Gasteiger partial charge in [0.2, 0.25) is 0 Å². The van der Waals surface area contributed by atoms with E-state index >= 15 is 0 Å². The first-order valence-electron chi connectivity index (χ1n) is 7.23. The maximum absolute atomic E-state index is 11.5. The summed E-state index contributed by atoms with van der Waals surface area (Å²) in [5.74, 6) is -0.350. The third-order valence-electron chi connectivity index (χ3n) is 3.64. The maximum atomic E-state index is 11.5. The Hall–Kier alpha value is -2.30. The molecule has 24 heavy (non-hydrogen) atoms. The molecule has 3 rings (SSSR count). The summed E-state index contributed by atoms with van der Waals surface area (Å²) in [6.07, 6.45) is 1.74. The van der Waals surface area contributed by atoms with Gasteiger partial charge in [0, 0.05) is 11.8 Å². The van der Waals surface area contributed by atoms with Gasteiger partial charge < -0.3 is 4.74 Å². The van der Waals surface area contributed by atoms with Crippen molar-refractivity contribution in [2.45, 2.75) is 6.54 Å². The number of hydrogen-bond acceptors (Lipinski definition) is 3. The van der Waals surface area contributed by atoms with Crippen molar-refractivity contribution in [3.05, 3.63) is 75.9 Å². The molecule has 2 aromatic carbocycles. The summed E-state index contributed by atoms with van der Waals surface area (Å²) in [5, 5.41) is 5.39. The van der Waals surface area contributed by atoms with E-state index < -0.39 is 0 Å². The van der Waals surface area contributed by atoms with Gasteiger partial charge in [-0.2, -0.15) is 5.10 Å². The van der Waals surface area contributed by atoms with Gasteiger partial charge in [-0.25, -0.2) is 4.79 Å². The van der Waals surface area contributed by atoms with E-state index in [-0.39, 0.29) is 5.97 Å². The second-order valence-electron chi connectivity index (χ2n) is 5.19. The first-order valence-corrected chi connectivity index (χ1v) is 7.98. The van der Waals surface area contributed by atoms with Crippen molar-refractivity contribution in [2.24, 2.45) is 0 Å². The molecule has 1 aromatic heterocycles. The minimum absolute atomic E-state index is 0.350. The molecular formula is C18H14Cl2N2O2. The Morgan fingerprint density at radius 3 is 2.50 bits per heavy atom. The number of aromatic nitrogens is 2.